The molecule has 1 aromatic rings. The second-order valence-electron chi connectivity index (χ2n) is 2.76. The second kappa shape index (κ2) is 4.76. The molecule has 0 atom stereocenters. The van der Waals surface area contributed by atoms with Crippen molar-refractivity contribution in [2.45, 2.75) is 6.92 Å². The zero-order chi connectivity index (χ0) is 10.6. The number of carbonyl (C=O) groups excluding carboxylic acids is 1. The van der Waals surface area contributed by atoms with E-state index in [4.69, 9.17) is 5.73 Å². The summed E-state index contributed by atoms with van der Waals surface area (Å²) in [5.74, 6) is 0. The first-order chi connectivity index (χ1) is 6.59. The van der Waals surface area contributed by atoms with Crippen LogP contribution in [0.5, 0.6) is 0 Å². The lowest BCUT2D eigenvalue weighted by molar-refractivity contribution is 0.249. The summed E-state index contributed by atoms with van der Waals surface area (Å²) < 4.78 is 0.915. The summed E-state index contributed by atoms with van der Waals surface area (Å²) in [7, 11) is 0. The Bertz CT molecular complexity index is 376. The molecule has 2 amide bonds. The van der Waals surface area contributed by atoms with Gasteiger partial charge in [-0.3, -0.25) is 0 Å². The van der Waals surface area contributed by atoms with Crippen molar-refractivity contribution in [3.05, 3.63) is 33.8 Å². The highest BCUT2D eigenvalue weighted by Gasteiger charge is 1.96. The average Bonchev–Trinajstić information content (AvgIpc) is 2.10. The number of rotatable bonds is 2. The Morgan fingerprint density at radius 3 is 3.00 bits per heavy atom. The maximum Gasteiger partial charge on any atom is 0.332 e. The van der Waals surface area contributed by atoms with Crippen molar-refractivity contribution < 1.29 is 4.79 Å². The van der Waals surface area contributed by atoms with Crippen molar-refractivity contribution >= 4 is 28.2 Å². The van der Waals surface area contributed by atoms with Crippen molar-refractivity contribution in [3.63, 3.8) is 0 Å². The summed E-state index contributed by atoms with van der Waals surface area (Å²) in [5, 5.41) is 3.66. The molecule has 4 nitrogen and oxygen atoms in total. The van der Waals surface area contributed by atoms with Crippen LogP contribution in [0.2, 0.25) is 0 Å². The zero-order valence-corrected chi connectivity index (χ0v) is 9.21. The molecule has 0 heterocycles. The third-order valence-electron chi connectivity index (χ3n) is 1.53. The molecule has 0 radical (unpaired) electrons. The fraction of sp³-hybridized carbons (Fsp3) is 0.111. The summed E-state index contributed by atoms with van der Waals surface area (Å²) in [5.41, 5.74) is 8.98. The predicted molar refractivity (Wildman–Crippen MR) is 59.2 cm³/mol. The SMILES string of the molecule is Cc1ccc(Br)c(/C=N/NC(N)=O)c1. The van der Waals surface area contributed by atoms with Crippen molar-refractivity contribution in [1.29, 1.82) is 0 Å². The van der Waals surface area contributed by atoms with Crippen LogP contribution in [-0.4, -0.2) is 12.2 Å². The highest BCUT2D eigenvalue weighted by molar-refractivity contribution is 9.10. The Labute approximate surface area is 90.3 Å². The number of carbonyl (C=O) groups is 1. The van der Waals surface area contributed by atoms with Crippen LogP contribution in [0, 0.1) is 6.92 Å². The van der Waals surface area contributed by atoms with Crippen LogP contribution in [0.1, 0.15) is 11.1 Å². The Morgan fingerprint density at radius 1 is 1.64 bits per heavy atom. The van der Waals surface area contributed by atoms with Crippen LogP contribution in [0.25, 0.3) is 0 Å². The average molecular weight is 256 g/mol. The number of hydrazone groups is 1. The number of benzene rings is 1. The molecular weight excluding hydrogens is 246 g/mol. The number of aryl methyl sites for hydroxylation is 1. The number of hydrogen-bond acceptors (Lipinski definition) is 2. The quantitative estimate of drug-likeness (QED) is 0.614. The summed E-state index contributed by atoms with van der Waals surface area (Å²) in [6, 6.07) is 5.16. The minimum Gasteiger partial charge on any atom is -0.350 e. The summed E-state index contributed by atoms with van der Waals surface area (Å²) >= 11 is 3.36. The summed E-state index contributed by atoms with van der Waals surface area (Å²) in [6.45, 7) is 1.98. The van der Waals surface area contributed by atoms with Gasteiger partial charge < -0.3 is 5.73 Å². The van der Waals surface area contributed by atoms with E-state index < -0.39 is 6.03 Å². The highest BCUT2D eigenvalue weighted by atomic mass is 79.9. The maximum absolute atomic E-state index is 10.3. The first-order valence-electron chi connectivity index (χ1n) is 3.94. The fourth-order valence-electron chi connectivity index (χ4n) is 0.928. The Kier molecular flexibility index (Phi) is 3.64. The molecule has 5 heteroatoms. The van der Waals surface area contributed by atoms with Gasteiger partial charge in [0.15, 0.2) is 0 Å². The van der Waals surface area contributed by atoms with Gasteiger partial charge in [0.1, 0.15) is 0 Å². The van der Waals surface area contributed by atoms with E-state index in [0.717, 1.165) is 15.6 Å². The summed E-state index contributed by atoms with van der Waals surface area (Å²) in [6.07, 6.45) is 1.53. The van der Waals surface area contributed by atoms with Gasteiger partial charge in [-0.2, -0.15) is 5.10 Å². The monoisotopic (exact) mass is 255 g/mol. The molecule has 3 N–H and O–H groups in total. The van der Waals surface area contributed by atoms with Gasteiger partial charge in [-0.25, -0.2) is 10.2 Å². The molecule has 0 spiro atoms. The van der Waals surface area contributed by atoms with Gasteiger partial charge in [-0.15, -0.1) is 0 Å². The van der Waals surface area contributed by atoms with E-state index in [1.54, 1.807) is 0 Å². The number of nitrogens with one attached hydrogen (secondary N) is 1. The van der Waals surface area contributed by atoms with E-state index in [2.05, 4.69) is 26.5 Å². The molecule has 0 fully saturated rings. The van der Waals surface area contributed by atoms with Gasteiger partial charge >= 0.3 is 6.03 Å². The minimum absolute atomic E-state index is 0.676. The van der Waals surface area contributed by atoms with E-state index in [-0.39, 0.29) is 0 Å². The lowest BCUT2D eigenvalue weighted by Gasteiger charge is -1.99. The lowest BCUT2D eigenvalue weighted by Crippen LogP contribution is -2.24. The predicted octanol–water partition coefficient (Wildman–Crippen LogP) is 1.76. The number of halogens is 1. The summed E-state index contributed by atoms with van der Waals surface area (Å²) in [4.78, 5) is 10.3. The van der Waals surface area contributed by atoms with Crippen LogP contribution >= 0.6 is 15.9 Å². The first kappa shape index (κ1) is 10.7. The molecule has 1 rings (SSSR count). The fourth-order valence-corrected chi connectivity index (χ4v) is 1.28. The van der Waals surface area contributed by atoms with E-state index in [1.807, 2.05) is 25.1 Å². The number of amides is 2. The molecule has 0 aliphatic heterocycles. The van der Waals surface area contributed by atoms with Crippen LogP contribution in [0.15, 0.2) is 27.8 Å². The standard InChI is InChI=1S/C9H10BrN3O/c1-6-2-3-8(10)7(4-6)5-12-13-9(11)14/h2-5H,1H3,(H3,11,13,14)/b12-5+. The Morgan fingerprint density at radius 2 is 2.36 bits per heavy atom. The van der Waals surface area contributed by atoms with Crippen LogP contribution in [0.3, 0.4) is 0 Å². The number of nitrogens with two attached hydrogens (primary N) is 1. The Balaban J connectivity index is 2.80. The van der Waals surface area contributed by atoms with Crippen molar-refractivity contribution in [3.8, 4) is 0 Å². The third kappa shape index (κ3) is 3.18. The van der Waals surface area contributed by atoms with E-state index in [0.29, 0.717) is 0 Å². The molecule has 0 saturated heterocycles. The molecule has 0 aromatic heterocycles. The maximum atomic E-state index is 10.3. The lowest BCUT2D eigenvalue weighted by atomic mass is 10.2. The molecule has 14 heavy (non-hydrogen) atoms. The van der Waals surface area contributed by atoms with Gasteiger partial charge in [0.2, 0.25) is 0 Å². The van der Waals surface area contributed by atoms with Crippen LogP contribution in [0.4, 0.5) is 4.79 Å². The molecular formula is C9H10BrN3O. The first-order valence-corrected chi connectivity index (χ1v) is 4.73. The smallest absolute Gasteiger partial charge is 0.332 e. The minimum atomic E-state index is -0.676. The van der Waals surface area contributed by atoms with Crippen molar-refractivity contribution in [1.82, 2.24) is 5.43 Å². The van der Waals surface area contributed by atoms with Gasteiger partial charge in [0.05, 0.1) is 6.21 Å². The molecule has 0 aliphatic carbocycles. The molecule has 74 valence electrons. The molecule has 0 unspecified atom stereocenters. The zero-order valence-electron chi connectivity index (χ0n) is 7.62. The molecule has 0 aliphatic rings. The van der Waals surface area contributed by atoms with Gasteiger partial charge in [-0.1, -0.05) is 27.6 Å². The number of hydrogen-bond donors (Lipinski definition) is 2. The van der Waals surface area contributed by atoms with Gasteiger partial charge in [0.25, 0.3) is 0 Å². The Hall–Kier alpha value is -1.36. The van der Waals surface area contributed by atoms with E-state index in [1.165, 1.54) is 6.21 Å². The topological polar surface area (TPSA) is 67.5 Å². The third-order valence-corrected chi connectivity index (χ3v) is 2.25. The molecule has 0 bridgehead atoms. The molecule has 0 saturated carbocycles. The molecule has 1 aromatic carbocycles. The van der Waals surface area contributed by atoms with Crippen molar-refractivity contribution in [2.75, 3.05) is 0 Å². The van der Waals surface area contributed by atoms with Crippen molar-refractivity contribution in [2.24, 2.45) is 10.8 Å². The van der Waals surface area contributed by atoms with Gasteiger partial charge in [0, 0.05) is 10.0 Å². The second-order valence-corrected chi connectivity index (χ2v) is 3.61. The normalized spacial score (nSPS) is 10.4. The van der Waals surface area contributed by atoms with Gasteiger partial charge in [-0.05, 0) is 19.1 Å². The van der Waals surface area contributed by atoms with Crippen LogP contribution < -0.4 is 11.2 Å². The van der Waals surface area contributed by atoms with E-state index >= 15 is 0 Å². The number of primary amides is 1. The highest BCUT2D eigenvalue weighted by Crippen LogP contribution is 2.15. The largest absolute Gasteiger partial charge is 0.350 e. The van der Waals surface area contributed by atoms with E-state index in [9.17, 15) is 4.79 Å². The van der Waals surface area contributed by atoms with Crippen LogP contribution in [-0.2, 0) is 0 Å². The number of urea groups is 1. The number of nitrogens with zero attached hydrogens (tertiary/aromatic N) is 1.